The summed E-state index contributed by atoms with van der Waals surface area (Å²) in [5.74, 6) is -1.57. The number of carbonyl (C=O) groups is 2. The standard InChI is InChI=1S/C15H27ClO4/c1-3-4-5-6-9-13(16)10-7-8-11-14(17)20-12(2)15(18)19/h12-13H,3-11H2,1-2H3,(H,18,19)/t12-,13?/m0/s1. The van der Waals surface area contributed by atoms with Crippen LogP contribution in [-0.2, 0) is 14.3 Å². The molecule has 5 heteroatoms. The van der Waals surface area contributed by atoms with Crippen molar-refractivity contribution in [2.24, 2.45) is 0 Å². The number of aliphatic carboxylic acids is 1. The van der Waals surface area contributed by atoms with E-state index in [9.17, 15) is 9.59 Å². The maximum absolute atomic E-state index is 11.3. The van der Waals surface area contributed by atoms with Crippen LogP contribution in [-0.4, -0.2) is 28.5 Å². The summed E-state index contributed by atoms with van der Waals surface area (Å²) in [5.41, 5.74) is 0. The SMILES string of the molecule is CCCCCCC(Cl)CCCCC(=O)O[C@@H](C)C(=O)O. The number of carboxylic acids is 1. The van der Waals surface area contributed by atoms with Crippen molar-refractivity contribution in [1.29, 1.82) is 0 Å². The molecule has 1 unspecified atom stereocenters. The Morgan fingerprint density at radius 3 is 2.25 bits per heavy atom. The van der Waals surface area contributed by atoms with Crippen LogP contribution in [0.2, 0.25) is 0 Å². The van der Waals surface area contributed by atoms with Gasteiger partial charge in [-0.3, -0.25) is 4.79 Å². The number of rotatable bonds is 12. The van der Waals surface area contributed by atoms with E-state index in [0.29, 0.717) is 6.42 Å². The number of esters is 1. The van der Waals surface area contributed by atoms with E-state index >= 15 is 0 Å². The lowest BCUT2D eigenvalue weighted by molar-refractivity contribution is -0.162. The summed E-state index contributed by atoms with van der Waals surface area (Å²) in [6, 6.07) is 0. The average Bonchev–Trinajstić information content (AvgIpc) is 2.39. The molecule has 0 aliphatic heterocycles. The first-order valence-corrected chi connectivity index (χ1v) is 7.97. The summed E-state index contributed by atoms with van der Waals surface area (Å²) in [6.07, 6.45) is 7.58. The third-order valence-electron chi connectivity index (χ3n) is 3.18. The summed E-state index contributed by atoms with van der Waals surface area (Å²) in [5, 5.41) is 8.78. The molecule has 0 rings (SSSR count). The minimum atomic E-state index is -1.12. The van der Waals surface area contributed by atoms with Crippen LogP contribution in [0.25, 0.3) is 0 Å². The fraction of sp³-hybridized carbons (Fsp3) is 0.867. The number of halogens is 1. The van der Waals surface area contributed by atoms with Gasteiger partial charge >= 0.3 is 11.9 Å². The predicted molar refractivity (Wildman–Crippen MR) is 80.1 cm³/mol. The lowest BCUT2D eigenvalue weighted by Gasteiger charge is -2.10. The molecule has 4 nitrogen and oxygen atoms in total. The molecule has 0 fully saturated rings. The molecule has 118 valence electrons. The molecule has 2 atom stereocenters. The maximum Gasteiger partial charge on any atom is 0.344 e. The second-order valence-corrected chi connectivity index (χ2v) is 5.78. The number of carboxylic acid groups (broad SMARTS) is 1. The van der Waals surface area contributed by atoms with E-state index < -0.39 is 18.0 Å². The molecule has 0 heterocycles. The Balaban J connectivity index is 3.50. The first-order chi connectivity index (χ1) is 9.47. The van der Waals surface area contributed by atoms with E-state index in [1.807, 2.05) is 0 Å². The maximum atomic E-state index is 11.3. The summed E-state index contributed by atoms with van der Waals surface area (Å²) < 4.78 is 4.74. The molecule has 0 aliphatic rings. The lowest BCUT2D eigenvalue weighted by atomic mass is 10.1. The van der Waals surface area contributed by atoms with Gasteiger partial charge in [0.15, 0.2) is 6.10 Å². The highest BCUT2D eigenvalue weighted by Gasteiger charge is 2.15. The van der Waals surface area contributed by atoms with Gasteiger partial charge in [0.25, 0.3) is 0 Å². The van der Waals surface area contributed by atoms with Gasteiger partial charge in [0.2, 0.25) is 0 Å². The van der Waals surface area contributed by atoms with Crippen molar-refractivity contribution in [2.45, 2.75) is 83.1 Å². The summed E-state index contributed by atoms with van der Waals surface area (Å²) in [6.45, 7) is 3.54. The number of alkyl halides is 1. The van der Waals surface area contributed by atoms with Crippen molar-refractivity contribution in [3.63, 3.8) is 0 Å². The van der Waals surface area contributed by atoms with E-state index in [1.165, 1.54) is 32.6 Å². The Labute approximate surface area is 126 Å². The van der Waals surface area contributed by atoms with Crippen molar-refractivity contribution < 1.29 is 19.4 Å². The monoisotopic (exact) mass is 306 g/mol. The Kier molecular flexibility index (Phi) is 11.5. The number of carbonyl (C=O) groups excluding carboxylic acids is 1. The van der Waals surface area contributed by atoms with Crippen LogP contribution in [0.4, 0.5) is 0 Å². The highest BCUT2D eigenvalue weighted by atomic mass is 35.5. The molecule has 0 aliphatic carbocycles. The minimum absolute atomic E-state index is 0.181. The minimum Gasteiger partial charge on any atom is -0.479 e. The van der Waals surface area contributed by atoms with Gasteiger partial charge in [0.05, 0.1) is 0 Å². The number of ether oxygens (including phenoxy) is 1. The molecule has 0 amide bonds. The first kappa shape index (κ1) is 19.2. The molecule has 0 bridgehead atoms. The molecule has 0 saturated carbocycles. The van der Waals surface area contributed by atoms with Gasteiger partial charge < -0.3 is 9.84 Å². The summed E-state index contributed by atoms with van der Waals surface area (Å²) in [4.78, 5) is 21.8. The van der Waals surface area contributed by atoms with Crippen LogP contribution in [0, 0.1) is 0 Å². The van der Waals surface area contributed by atoms with Crippen LogP contribution in [0.1, 0.15) is 71.6 Å². The Morgan fingerprint density at radius 2 is 1.70 bits per heavy atom. The zero-order valence-corrected chi connectivity index (χ0v) is 13.3. The molecule has 0 spiro atoms. The van der Waals surface area contributed by atoms with E-state index in [-0.39, 0.29) is 11.8 Å². The Bertz CT molecular complexity index is 281. The van der Waals surface area contributed by atoms with Crippen LogP contribution < -0.4 is 0 Å². The predicted octanol–water partition coefficient (Wildman–Crippen LogP) is 4.14. The fourth-order valence-electron chi connectivity index (χ4n) is 1.88. The fourth-order valence-corrected chi connectivity index (χ4v) is 2.19. The van der Waals surface area contributed by atoms with Gasteiger partial charge in [-0.1, -0.05) is 39.0 Å². The smallest absolute Gasteiger partial charge is 0.344 e. The second-order valence-electron chi connectivity index (χ2n) is 5.16. The second kappa shape index (κ2) is 12.0. The highest BCUT2D eigenvalue weighted by molar-refractivity contribution is 6.20. The molecule has 0 aromatic rings. The number of hydrogen-bond acceptors (Lipinski definition) is 3. The van der Waals surface area contributed by atoms with Crippen LogP contribution in [0.3, 0.4) is 0 Å². The van der Waals surface area contributed by atoms with Gasteiger partial charge in [-0.15, -0.1) is 11.6 Å². The topological polar surface area (TPSA) is 63.6 Å². The van der Waals surface area contributed by atoms with E-state index in [2.05, 4.69) is 6.92 Å². The third kappa shape index (κ3) is 11.1. The number of hydrogen-bond donors (Lipinski definition) is 1. The Hall–Kier alpha value is -0.770. The van der Waals surface area contributed by atoms with Gasteiger partial charge in [-0.25, -0.2) is 4.79 Å². The van der Waals surface area contributed by atoms with Crippen molar-refractivity contribution in [3.8, 4) is 0 Å². The molecular formula is C15H27ClO4. The normalized spacial score (nSPS) is 13.8. The van der Waals surface area contributed by atoms with Crippen molar-refractivity contribution in [3.05, 3.63) is 0 Å². The largest absolute Gasteiger partial charge is 0.479 e. The molecular weight excluding hydrogens is 280 g/mol. The zero-order valence-electron chi connectivity index (χ0n) is 12.6. The van der Waals surface area contributed by atoms with Gasteiger partial charge in [0, 0.05) is 11.8 Å². The molecule has 0 aromatic carbocycles. The highest BCUT2D eigenvalue weighted by Crippen LogP contribution is 2.16. The van der Waals surface area contributed by atoms with Crippen molar-refractivity contribution in [1.82, 2.24) is 0 Å². The Morgan fingerprint density at radius 1 is 1.10 bits per heavy atom. The van der Waals surface area contributed by atoms with Crippen LogP contribution in [0.15, 0.2) is 0 Å². The molecule has 0 saturated heterocycles. The molecule has 0 aromatic heterocycles. The van der Waals surface area contributed by atoms with Crippen LogP contribution >= 0.6 is 11.6 Å². The summed E-state index contributed by atoms with van der Waals surface area (Å²) >= 11 is 6.21. The van der Waals surface area contributed by atoms with Gasteiger partial charge in [-0.05, 0) is 26.2 Å². The van der Waals surface area contributed by atoms with Crippen molar-refractivity contribution >= 4 is 23.5 Å². The first-order valence-electron chi connectivity index (χ1n) is 7.53. The van der Waals surface area contributed by atoms with Gasteiger partial charge in [0.1, 0.15) is 0 Å². The van der Waals surface area contributed by atoms with Gasteiger partial charge in [-0.2, -0.15) is 0 Å². The van der Waals surface area contributed by atoms with E-state index in [4.69, 9.17) is 21.4 Å². The number of unbranched alkanes of at least 4 members (excludes halogenated alkanes) is 4. The zero-order chi connectivity index (χ0) is 15.4. The third-order valence-corrected chi connectivity index (χ3v) is 3.61. The average molecular weight is 307 g/mol. The van der Waals surface area contributed by atoms with E-state index in [0.717, 1.165) is 19.3 Å². The van der Waals surface area contributed by atoms with E-state index in [1.54, 1.807) is 0 Å². The molecule has 0 radical (unpaired) electrons. The molecule has 20 heavy (non-hydrogen) atoms. The van der Waals surface area contributed by atoms with Crippen molar-refractivity contribution in [2.75, 3.05) is 0 Å². The quantitative estimate of drug-likeness (QED) is 0.334. The summed E-state index contributed by atoms with van der Waals surface area (Å²) in [7, 11) is 0. The van der Waals surface area contributed by atoms with Crippen LogP contribution in [0.5, 0.6) is 0 Å². The molecule has 1 N–H and O–H groups in total. The lowest BCUT2D eigenvalue weighted by Crippen LogP contribution is -2.23.